The van der Waals surface area contributed by atoms with Crippen molar-refractivity contribution in [3.05, 3.63) is 72.0 Å². The van der Waals surface area contributed by atoms with E-state index in [1.807, 2.05) is 12.1 Å². The van der Waals surface area contributed by atoms with Crippen LogP contribution in [0, 0.1) is 11.3 Å². The summed E-state index contributed by atoms with van der Waals surface area (Å²) in [6.07, 6.45) is 13.9. The van der Waals surface area contributed by atoms with Gasteiger partial charge in [-0.25, -0.2) is 4.79 Å². The predicted molar refractivity (Wildman–Crippen MR) is 115 cm³/mol. The third-order valence-corrected chi connectivity index (χ3v) is 4.56. The zero-order chi connectivity index (χ0) is 20.7. The molecule has 2 aromatic carbocycles. The van der Waals surface area contributed by atoms with Gasteiger partial charge in [0.25, 0.3) is 0 Å². The van der Waals surface area contributed by atoms with E-state index in [1.54, 1.807) is 54.8 Å². The van der Waals surface area contributed by atoms with Crippen LogP contribution in [0.4, 0.5) is 0 Å². The number of benzene rings is 2. The van der Waals surface area contributed by atoms with Crippen molar-refractivity contribution in [3.63, 3.8) is 0 Å². The summed E-state index contributed by atoms with van der Waals surface area (Å²) < 4.78 is 10.9. The summed E-state index contributed by atoms with van der Waals surface area (Å²) in [6.45, 7) is 2.24. The number of rotatable bonds is 12. The summed E-state index contributed by atoms with van der Waals surface area (Å²) in [5.74, 6) is 0.633. The average molecular weight is 392 g/mol. The lowest BCUT2D eigenvalue weighted by Crippen LogP contribution is -2.08. The third-order valence-electron chi connectivity index (χ3n) is 4.56. The molecule has 0 aromatic heterocycles. The lowest BCUT2D eigenvalue weighted by molar-refractivity contribution is 0.0734. The van der Waals surface area contributed by atoms with E-state index in [-0.39, 0.29) is 0 Å². The van der Waals surface area contributed by atoms with Gasteiger partial charge in [0, 0.05) is 0 Å². The lowest BCUT2D eigenvalue weighted by Gasteiger charge is -2.05. The van der Waals surface area contributed by atoms with Crippen molar-refractivity contribution in [2.75, 3.05) is 0 Å². The Kier molecular flexibility index (Phi) is 10.1. The standard InChI is InChI=1S/C25H29NO3/c1-2-3-4-5-6-7-8-9-10-19-28-23-17-13-22(14-18-23)25(27)29-24-15-11-21(20-26)12-16-24/h10-19H,2-9H2,1H3/b19-10+. The minimum atomic E-state index is -0.448. The van der Waals surface area contributed by atoms with Gasteiger partial charge in [-0.1, -0.05) is 45.4 Å². The Balaban J connectivity index is 1.68. The van der Waals surface area contributed by atoms with Gasteiger partial charge in [0.05, 0.1) is 23.5 Å². The van der Waals surface area contributed by atoms with Crippen LogP contribution >= 0.6 is 0 Å². The van der Waals surface area contributed by atoms with Gasteiger partial charge in [0.1, 0.15) is 11.5 Å². The molecule has 4 nitrogen and oxygen atoms in total. The van der Waals surface area contributed by atoms with Crippen molar-refractivity contribution < 1.29 is 14.3 Å². The summed E-state index contributed by atoms with van der Waals surface area (Å²) in [4.78, 5) is 12.2. The summed E-state index contributed by atoms with van der Waals surface area (Å²) in [5, 5.41) is 8.79. The molecule has 0 saturated carbocycles. The highest BCUT2D eigenvalue weighted by atomic mass is 16.5. The number of hydrogen-bond donors (Lipinski definition) is 0. The predicted octanol–water partition coefficient (Wildman–Crippen LogP) is 6.81. The molecule has 0 heterocycles. The SMILES string of the molecule is CCCCCCCCC/C=C/Oc1ccc(C(=O)Oc2ccc(C#N)cc2)cc1. The molecule has 152 valence electrons. The van der Waals surface area contributed by atoms with Gasteiger partial charge in [0.15, 0.2) is 0 Å². The number of unbranched alkanes of at least 4 members (excludes halogenated alkanes) is 7. The normalized spacial score (nSPS) is 10.6. The minimum absolute atomic E-state index is 0.405. The molecular formula is C25H29NO3. The second-order valence-corrected chi connectivity index (χ2v) is 6.95. The molecule has 0 aliphatic rings. The van der Waals surface area contributed by atoms with Crippen molar-refractivity contribution in [3.8, 4) is 17.6 Å². The largest absolute Gasteiger partial charge is 0.465 e. The third kappa shape index (κ3) is 8.66. The zero-order valence-corrected chi connectivity index (χ0v) is 17.1. The molecule has 0 spiro atoms. The molecule has 0 N–H and O–H groups in total. The summed E-state index contributed by atoms with van der Waals surface area (Å²) in [7, 11) is 0. The Morgan fingerprint density at radius 1 is 0.897 bits per heavy atom. The number of allylic oxidation sites excluding steroid dienone is 1. The van der Waals surface area contributed by atoms with Gasteiger partial charge < -0.3 is 9.47 Å². The number of carbonyl (C=O) groups excluding carboxylic acids is 1. The number of hydrogen-bond acceptors (Lipinski definition) is 4. The average Bonchev–Trinajstić information content (AvgIpc) is 2.76. The van der Waals surface area contributed by atoms with Crippen molar-refractivity contribution in [1.82, 2.24) is 0 Å². The van der Waals surface area contributed by atoms with E-state index < -0.39 is 5.97 Å². The number of carbonyl (C=O) groups is 1. The maximum Gasteiger partial charge on any atom is 0.343 e. The van der Waals surface area contributed by atoms with Gasteiger partial charge >= 0.3 is 5.97 Å². The quantitative estimate of drug-likeness (QED) is 0.172. The van der Waals surface area contributed by atoms with Gasteiger partial charge in [-0.2, -0.15) is 5.26 Å². The maximum absolute atomic E-state index is 12.2. The molecule has 0 fully saturated rings. The molecule has 0 amide bonds. The Bertz CT molecular complexity index is 801. The lowest BCUT2D eigenvalue weighted by atomic mass is 10.1. The Morgan fingerprint density at radius 2 is 1.52 bits per heavy atom. The Hall–Kier alpha value is -3.06. The highest BCUT2D eigenvalue weighted by Gasteiger charge is 2.08. The molecule has 0 unspecified atom stereocenters. The summed E-state index contributed by atoms with van der Waals surface area (Å²) in [5.41, 5.74) is 0.958. The van der Waals surface area contributed by atoms with Crippen LogP contribution in [-0.2, 0) is 0 Å². The Labute approximate surface area is 173 Å². The van der Waals surface area contributed by atoms with E-state index in [4.69, 9.17) is 14.7 Å². The van der Waals surface area contributed by atoms with Crippen LogP contribution < -0.4 is 9.47 Å². The molecule has 0 atom stereocenters. The molecule has 2 aromatic rings. The number of ether oxygens (including phenoxy) is 2. The first-order valence-corrected chi connectivity index (χ1v) is 10.4. The van der Waals surface area contributed by atoms with E-state index in [2.05, 4.69) is 6.92 Å². The second kappa shape index (κ2) is 13.2. The monoisotopic (exact) mass is 391 g/mol. The van der Waals surface area contributed by atoms with Gasteiger partial charge in [-0.3, -0.25) is 0 Å². The topological polar surface area (TPSA) is 59.3 Å². The van der Waals surface area contributed by atoms with Crippen LogP contribution in [0.1, 0.15) is 74.2 Å². The molecule has 29 heavy (non-hydrogen) atoms. The van der Waals surface area contributed by atoms with Crippen LogP contribution in [0.5, 0.6) is 11.5 Å². The zero-order valence-electron chi connectivity index (χ0n) is 17.1. The first-order valence-electron chi connectivity index (χ1n) is 10.4. The van der Waals surface area contributed by atoms with E-state index in [0.717, 1.165) is 6.42 Å². The second-order valence-electron chi connectivity index (χ2n) is 6.95. The van der Waals surface area contributed by atoms with Crippen molar-refractivity contribution >= 4 is 5.97 Å². The first kappa shape index (κ1) is 22.2. The molecule has 0 aliphatic heterocycles. The van der Waals surface area contributed by atoms with Gasteiger partial charge in [-0.05, 0) is 67.4 Å². The van der Waals surface area contributed by atoms with Crippen molar-refractivity contribution in [1.29, 1.82) is 5.26 Å². The fourth-order valence-corrected chi connectivity index (χ4v) is 2.85. The van der Waals surface area contributed by atoms with Crippen LogP contribution in [0.2, 0.25) is 0 Å². The van der Waals surface area contributed by atoms with Crippen LogP contribution in [-0.4, -0.2) is 5.97 Å². The molecule has 0 radical (unpaired) electrons. The van der Waals surface area contributed by atoms with E-state index in [1.165, 1.54) is 44.9 Å². The molecule has 0 bridgehead atoms. The van der Waals surface area contributed by atoms with Crippen LogP contribution in [0.25, 0.3) is 0 Å². The highest BCUT2D eigenvalue weighted by molar-refractivity contribution is 5.91. The van der Waals surface area contributed by atoms with Gasteiger partial charge in [-0.15, -0.1) is 0 Å². The first-order chi connectivity index (χ1) is 14.2. The fourth-order valence-electron chi connectivity index (χ4n) is 2.85. The maximum atomic E-state index is 12.2. The fraction of sp³-hybridized carbons (Fsp3) is 0.360. The smallest absolute Gasteiger partial charge is 0.343 e. The number of esters is 1. The molecular weight excluding hydrogens is 362 g/mol. The van der Waals surface area contributed by atoms with Gasteiger partial charge in [0.2, 0.25) is 0 Å². The van der Waals surface area contributed by atoms with Crippen molar-refractivity contribution in [2.45, 2.75) is 58.3 Å². The minimum Gasteiger partial charge on any atom is -0.465 e. The van der Waals surface area contributed by atoms with E-state index >= 15 is 0 Å². The summed E-state index contributed by atoms with van der Waals surface area (Å²) >= 11 is 0. The van der Waals surface area contributed by atoms with Crippen molar-refractivity contribution in [2.24, 2.45) is 0 Å². The molecule has 2 rings (SSSR count). The summed E-state index contributed by atoms with van der Waals surface area (Å²) in [6, 6.07) is 15.3. The molecule has 0 aliphatic carbocycles. The van der Waals surface area contributed by atoms with E-state index in [9.17, 15) is 4.79 Å². The number of nitrogens with zero attached hydrogens (tertiary/aromatic N) is 1. The Morgan fingerprint density at radius 3 is 2.17 bits per heavy atom. The van der Waals surface area contributed by atoms with Crippen LogP contribution in [0.15, 0.2) is 60.9 Å². The van der Waals surface area contributed by atoms with E-state index in [0.29, 0.717) is 22.6 Å². The van der Waals surface area contributed by atoms with Crippen LogP contribution in [0.3, 0.4) is 0 Å². The number of nitriles is 1. The highest BCUT2D eigenvalue weighted by Crippen LogP contribution is 2.17. The molecule has 4 heteroatoms. The molecule has 0 saturated heterocycles.